The SMILES string of the molecule is COCOc1ccc(C(O)c2c(C)cc(OCC3=NOC(=O)C3)c3c2CCO3)nc1-c1cccc(C)c1F. The van der Waals surface area contributed by atoms with Gasteiger partial charge in [-0.2, -0.15) is 0 Å². The van der Waals surface area contributed by atoms with Gasteiger partial charge >= 0.3 is 5.97 Å². The van der Waals surface area contributed by atoms with Gasteiger partial charge in [0.2, 0.25) is 0 Å². The fourth-order valence-electron chi connectivity index (χ4n) is 4.61. The van der Waals surface area contributed by atoms with Crippen LogP contribution in [-0.4, -0.2) is 48.9 Å². The number of ether oxygens (including phenoxy) is 4. The highest BCUT2D eigenvalue weighted by Crippen LogP contribution is 2.44. The number of aromatic nitrogens is 1. The van der Waals surface area contributed by atoms with Crippen molar-refractivity contribution < 1.29 is 38.1 Å². The van der Waals surface area contributed by atoms with Crippen LogP contribution in [0.2, 0.25) is 0 Å². The van der Waals surface area contributed by atoms with Gasteiger partial charge in [-0.05, 0) is 54.8 Å². The molecule has 1 atom stereocenters. The molecule has 38 heavy (non-hydrogen) atoms. The quantitative estimate of drug-likeness (QED) is 0.329. The van der Waals surface area contributed by atoms with E-state index in [2.05, 4.69) is 15.0 Å². The number of hydrogen-bond donors (Lipinski definition) is 1. The van der Waals surface area contributed by atoms with E-state index in [1.165, 1.54) is 7.11 Å². The standard InChI is InChI=1S/C28H27FN2O7/c1-15-5-4-6-19(25(15)29)26-21(37-14-34-3)8-7-20(30-26)27(33)24-16(2)11-22(28-18(24)9-10-35-28)36-13-17-12-23(32)38-31-17/h4-8,11,27,33H,9-10,12-14H2,1-3H3. The summed E-state index contributed by atoms with van der Waals surface area (Å²) in [5.41, 5.74) is 4.02. The number of carbonyl (C=O) groups is 1. The van der Waals surface area contributed by atoms with Crippen LogP contribution in [0.4, 0.5) is 4.39 Å². The van der Waals surface area contributed by atoms with Crippen LogP contribution in [0.15, 0.2) is 41.6 Å². The summed E-state index contributed by atoms with van der Waals surface area (Å²) in [6.45, 7) is 4.00. The van der Waals surface area contributed by atoms with E-state index in [0.29, 0.717) is 52.8 Å². The van der Waals surface area contributed by atoms with Crippen molar-refractivity contribution in [2.75, 3.05) is 27.1 Å². The average Bonchev–Trinajstić information content (AvgIpc) is 3.56. The van der Waals surface area contributed by atoms with E-state index < -0.39 is 17.9 Å². The number of methoxy groups -OCH3 is 1. The molecule has 198 valence electrons. The number of benzene rings is 2. The fraction of sp³-hybridized carbons (Fsp3) is 0.321. The first-order valence-corrected chi connectivity index (χ1v) is 12.1. The zero-order valence-electron chi connectivity index (χ0n) is 21.2. The molecule has 2 aliphatic heterocycles. The Morgan fingerprint density at radius 1 is 1.13 bits per heavy atom. The Labute approximate surface area is 218 Å². The number of halogens is 1. The molecule has 10 heteroatoms. The minimum Gasteiger partial charge on any atom is -0.489 e. The number of nitrogens with zero attached hydrogens (tertiary/aromatic N) is 2. The molecular formula is C28H27FN2O7. The monoisotopic (exact) mass is 522 g/mol. The van der Waals surface area contributed by atoms with Crippen LogP contribution in [0.25, 0.3) is 11.3 Å². The van der Waals surface area contributed by atoms with E-state index in [0.717, 1.165) is 11.1 Å². The highest BCUT2D eigenvalue weighted by Gasteiger charge is 2.29. The van der Waals surface area contributed by atoms with Crippen LogP contribution in [0, 0.1) is 19.7 Å². The van der Waals surface area contributed by atoms with E-state index in [1.807, 2.05) is 6.92 Å². The summed E-state index contributed by atoms with van der Waals surface area (Å²) in [4.78, 5) is 20.6. The first-order chi connectivity index (χ1) is 18.4. The van der Waals surface area contributed by atoms with Gasteiger partial charge in [0.25, 0.3) is 0 Å². The number of aliphatic hydroxyl groups excluding tert-OH is 1. The number of aryl methyl sites for hydroxylation is 2. The minimum atomic E-state index is -1.12. The van der Waals surface area contributed by atoms with Gasteiger partial charge in [0.15, 0.2) is 18.3 Å². The number of aliphatic hydroxyl groups is 1. The molecule has 0 fully saturated rings. The van der Waals surface area contributed by atoms with Crippen molar-refractivity contribution >= 4 is 11.7 Å². The average molecular weight is 523 g/mol. The third kappa shape index (κ3) is 4.92. The lowest BCUT2D eigenvalue weighted by atomic mass is 9.92. The van der Waals surface area contributed by atoms with E-state index in [4.69, 9.17) is 18.9 Å². The van der Waals surface area contributed by atoms with E-state index in [1.54, 1.807) is 43.3 Å². The maximum absolute atomic E-state index is 15.1. The molecule has 2 aliphatic rings. The van der Waals surface area contributed by atoms with Gasteiger partial charge < -0.3 is 28.9 Å². The molecule has 0 spiro atoms. The summed E-state index contributed by atoms with van der Waals surface area (Å²) in [6.07, 6.45) is -0.470. The highest BCUT2D eigenvalue weighted by molar-refractivity contribution is 6.02. The van der Waals surface area contributed by atoms with Crippen LogP contribution in [0.5, 0.6) is 17.2 Å². The normalized spacial score (nSPS) is 15.0. The molecule has 3 heterocycles. The largest absolute Gasteiger partial charge is 0.489 e. The van der Waals surface area contributed by atoms with Crippen molar-refractivity contribution in [2.45, 2.75) is 32.8 Å². The Balaban J connectivity index is 1.51. The highest BCUT2D eigenvalue weighted by atomic mass is 19.1. The summed E-state index contributed by atoms with van der Waals surface area (Å²) in [5, 5.41) is 15.2. The molecule has 2 aromatic carbocycles. The predicted octanol–water partition coefficient (Wildman–Crippen LogP) is 4.19. The third-order valence-electron chi connectivity index (χ3n) is 6.43. The number of fused-ring (bicyclic) bond motifs is 1. The number of hydrogen-bond acceptors (Lipinski definition) is 9. The van der Waals surface area contributed by atoms with Crippen LogP contribution >= 0.6 is 0 Å². The van der Waals surface area contributed by atoms with Gasteiger partial charge in [-0.15, -0.1) is 0 Å². The lowest BCUT2D eigenvalue weighted by molar-refractivity contribution is -0.140. The van der Waals surface area contributed by atoms with Crippen molar-refractivity contribution in [3.63, 3.8) is 0 Å². The van der Waals surface area contributed by atoms with Crippen LogP contribution in [-0.2, 0) is 20.8 Å². The predicted molar refractivity (Wildman–Crippen MR) is 135 cm³/mol. The molecule has 9 nitrogen and oxygen atoms in total. The topological polar surface area (TPSA) is 109 Å². The van der Waals surface area contributed by atoms with E-state index in [9.17, 15) is 9.90 Å². The zero-order chi connectivity index (χ0) is 26.8. The Kier molecular flexibility index (Phi) is 7.26. The summed E-state index contributed by atoms with van der Waals surface area (Å²) < 4.78 is 37.5. The van der Waals surface area contributed by atoms with Gasteiger partial charge in [0.1, 0.15) is 35.7 Å². The van der Waals surface area contributed by atoms with Gasteiger partial charge in [-0.1, -0.05) is 17.3 Å². The van der Waals surface area contributed by atoms with E-state index >= 15 is 4.39 Å². The molecule has 0 saturated heterocycles. The number of carbonyl (C=O) groups excluding carboxylic acids is 1. The molecule has 0 amide bonds. The van der Waals surface area contributed by atoms with Gasteiger partial charge in [-0.3, -0.25) is 0 Å². The molecule has 0 saturated carbocycles. The van der Waals surface area contributed by atoms with Crippen molar-refractivity contribution in [1.82, 2.24) is 4.98 Å². The van der Waals surface area contributed by atoms with Crippen molar-refractivity contribution in [3.8, 4) is 28.5 Å². The van der Waals surface area contributed by atoms with Gasteiger partial charge in [0.05, 0.1) is 18.7 Å². The summed E-state index contributed by atoms with van der Waals surface area (Å²) >= 11 is 0. The zero-order valence-corrected chi connectivity index (χ0v) is 21.2. The number of rotatable bonds is 9. The fourth-order valence-corrected chi connectivity index (χ4v) is 4.61. The Morgan fingerprint density at radius 3 is 2.74 bits per heavy atom. The van der Waals surface area contributed by atoms with Crippen molar-refractivity contribution in [3.05, 3.63) is 70.2 Å². The third-order valence-corrected chi connectivity index (χ3v) is 6.43. The van der Waals surface area contributed by atoms with Crippen molar-refractivity contribution in [1.29, 1.82) is 0 Å². The lowest BCUT2D eigenvalue weighted by Gasteiger charge is -2.21. The van der Waals surface area contributed by atoms with Crippen LogP contribution < -0.4 is 14.2 Å². The Bertz CT molecular complexity index is 1420. The minimum absolute atomic E-state index is 0.0395. The molecule has 0 aliphatic carbocycles. The van der Waals surface area contributed by atoms with Crippen LogP contribution in [0.1, 0.15) is 40.5 Å². The molecule has 3 aromatic rings. The number of pyridine rings is 1. The summed E-state index contributed by atoms with van der Waals surface area (Å²) in [7, 11) is 1.49. The van der Waals surface area contributed by atoms with Crippen LogP contribution in [0.3, 0.4) is 0 Å². The molecular weight excluding hydrogens is 495 g/mol. The van der Waals surface area contributed by atoms with Crippen molar-refractivity contribution in [2.24, 2.45) is 5.16 Å². The summed E-state index contributed by atoms with van der Waals surface area (Å²) in [6, 6.07) is 10.1. The maximum atomic E-state index is 15.1. The molecule has 5 rings (SSSR count). The smallest absolute Gasteiger partial charge is 0.340 e. The molecule has 1 unspecified atom stereocenters. The summed E-state index contributed by atoms with van der Waals surface area (Å²) in [5.74, 6) is 0.515. The Morgan fingerprint density at radius 2 is 1.97 bits per heavy atom. The van der Waals surface area contributed by atoms with E-state index in [-0.39, 0.29) is 31.1 Å². The first-order valence-electron chi connectivity index (χ1n) is 12.1. The second-order valence-corrected chi connectivity index (χ2v) is 9.07. The molecule has 1 N–H and O–H groups in total. The maximum Gasteiger partial charge on any atom is 0.340 e. The lowest BCUT2D eigenvalue weighted by Crippen LogP contribution is -2.13. The second kappa shape index (κ2) is 10.8. The molecule has 0 bridgehead atoms. The second-order valence-electron chi connectivity index (χ2n) is 9.07. The first kappa shape index (κ1) is 25.6. The molecule has 1 aromatic heterocycles. The number of oxime groups is 1. The van der Waals surface area contributed by atoms with Gasteiger partial charge in [0, 0.05) is 24.7 Å². The molecule has 0 radical (unpaired) electrons. The Hall–Kier alpha value is -4.02. The van der Waals surface area contributed by atoms with Gasteiger partial charge in [-0.25, -0.2) is 14.2 Å².